The molecule has 0 saturated heterocycles. The number of carbonyl (C=O) groups is 2. The lowest BCUT2D eigenvalue weighted by Crippen LogP contribution is -2.35. The summed E-state index contributed by atoms with van der Waals surface area (Å²) in [5.74, 6) is 0.263. The van der Waals surface area contributed by atoms with Gasteiger partial charge in [-0.05, 0) is 55.0 Å². The molecular weight excluding hydrogens is 398 g/mol. The fraction of sp³-hybridized carbons (Fsp3) is 0.481. The van der Waals surface area contributed by atoms with E-state index in [1.807, 2.05) is 67.5 Å². The second-order valence-electron chi connectivity index (χ2n) is 8.99. The van der Waals surface area contributed by atoms with E-state index in [4.69, 9.17) is 0 Å². The molecule has 0 radical (unpaired) electrons. The minimum atomic E-state index is -0.146. The van der Waals surface area contributed by atoms with Crippen molar-refractivity contribution in [3.8, 4) is 0 Å². The van der Waals surface area contributed by atoms with Crippen LogP contribution in [0.3, 0.4) is 0 Å². The van der Waals surface area contributed by atoms with Crippen LogP contribution < -0.4 is 10.2 Å². The molecule has 1 unspecified atom stereocenters. The fourth-order valence-corrected chi connectivity index (χ4v) is 4.34. The average molecular weight is 436 g/mol. The van der Waals surface area contributed by atoms with Crippen molar-refractivity contribution in [1.82, 2.24) is 4.90 Å². The van der Waals surface area contributed by atoms with Gasteiger partial charge in [0.15, 0.2) is 0 Å². The van der Waals surface area contributed by atoms with Crippen LogP contribution in [0.4, 0.5) is 11.4 Å². The summed E-state index contributed by atoms with van der Waals surface area (Å²) in [6.07, 6.45) is 4.75. The molecule has 0 spiro atoms. The van der Waals surface area contributed by atoms with Crippen molar-refractivity contribution in [2.75, 3.05) is 30.9 Å². The summed E-state index contributed by atoms with van der Waals surface area (Å²) in [5.41, 5.74) is 3.98. The number of carbonyl (C=O) groups excluding carboxylic acids is 2. The summed E-state index contributed by atoms with van der Waals surface area (Å²) in [6, 6.07) is 16.1. The Labute approximate surface area is 192 Å². The minimum Gasteiger partial charge on any atom is -0.377 e. The number of hydrogen-bond donors (Lipinski definition) is 1. The predicted octanol–water partition coefficient (Wildman–Crippen LogP) is 5.42. The predicted molar refractivity (Wildman–Crippen MR) is 132 cm³/mol. The Hall–Kier alpha value is -2.82. The molecule has 2 aromatic carbocycles. The van der Waals surface area contributed by atoms with Gasteiger partial charge in [-0.15, -0.1) is 0 Å². The molecule has 0 aliphatic heterocycles. The Bertz CT molecular complexity index is 906. The van der Waals surface area contributed by atoms with Gasteiger partial charge >= 0.3 is 0 Å². The van der Waals surface area contributed by atoms with E-state index in [1.165, 1.54) is 0 Å². The molecular formula is C27H37N3O2. The number of nitrogens with zero attached hydrogens (tertiary/aromatic N) is 2. The van der Waals surface area contributed by atoms with Crippen molar-refractivity contribution in [3.05, 3.63) is 59.7 Å². The van der Waals surface area contributed by atoms with Gasteiger partial charge in [0.2, 0.25) is 11.8 Å². The Morgan fingerprint density at radius 1 is 1.06 bits per heavy atom. The standard InChI is InChI=1S/C27H37N3O2/c1-5-17-30(27(32)24(6-2)20-11-8-7-9-12-20)19-22-18-23(15-16-25(22)29(3)4)28-26(31)21-13-10-14-21/h7-9,11-12,15-16,18,21,24H,5-6,10,13-14,17,19H2,1-4H3,(H,28,31). The van der Waals surface area contributed by atoms with Crippen LogP contribution in [0.15, 0.2) is 48.5 Å². The van der Waals surface area contributed by atoms with Gasteiger partial charge in [0.1, 0.15) is 0 Å². The lowest BCUT2D eigenvalue weighted by Gasteiger charge is -2.29. The molecule has 1 fully saturated rings. The first kappa shape index (κ1) is 23.8. The van der Waals surface area contributed by atoms with E-state index in [0.717, 1.165) is 54.6 Å². The van der Waals surface area contributed by atoms with Gasteiger partial charge < -0.3 is 15.1 Å². The zero-order chi connectivity index (χ0) is 23.1. The lowest BCUT2D eigenvalue weighted by molar-refractivity contribution is -0.133. The van der Waals surface area contributed by atoms with E-state index >= 15 is 0 Å². The Kier molecular flexibility index (Phi) is 8.32. The number of nitrogens with one attached hydrogen (secondary N) is 1. The number of benzene rings is 2. The summed E-state index contributed by atoms with van der Waals surface area (Å²) in [6.45, 7) is 5.40. The normalized spacial score (nSPS) is 14.4. The molecule has 2 aromatic rings. The smallest absolute Gasteiger partial charge is 0.230 e. The lowest BCUT2D eigenvalue weighted by atomic mass is 9.85. The molecule has 0 bridgehead atoms. The molecule has 1 atom stereocenters. The molecule has 2 amide bonds. The number of amides is 2. The summed E-state index contributed by atoms with van der Waals surface area (Å²) in [5, 5.41) is 3.08. The van der Waals surface area contributed by atoms with E-state index in [9.17, 15) is 9.59 Å². The maximum atomic E-state index is 13.6. The van der Waals surface area contributed by atoms with Gasteiger partial charge in [0, 0.05) is 44.5 Å². The second kappa shape index (κ2) is 11.2. The summed E-state index contributed by atoms with van der Waals surface area (Å²) in [7, 11) is 4.02. The third-order valence-corrected chi connectivity index (χ3v) is 6.38. The van der Waals surface area contributed by atoms with Crippen LogP contribution in [0.5, 0.6) is 0 Å². The van der Waals surface area contributed by atoms with Gasteiger partial charge in [0.05, 0.1) is 5.92 Å². The minimum absolute atomic E-state index is 0.108. The SMILES string of the molecule is CCCN(Cc1cc(NC(=O)C2CCC2)ccc1N(C)C)C(=O)C(CC)c1ccccc1. The van der Waals surface area contributed by atoms with Crippen molar-refractivity contribution in [2.45, 2.75) is 58.4 Å². The fourth-order valence-electron chi connectivity index (χ4n) is 4.34. The van der Waals surface area contributed by atoms with E-state index in [0.29, 0.717) is 13.1 Å². The molecule has 3 rings (SSSR count). The van der Waals surface area contributed by atoms with Crippen molar-refractivity contribution in [2.24, 2.45) is 5.92 Å². The third kappa shape index (κ3) is 5.70. The number of rotatable bonds is 10. The molecule has 0 aromatic heterocycles. The van der Waals surface area contributed by atoms with Crippen molar-refractivity contribution in [1.29, 1.82) is 0 Å². The Balaban J connectivity index is 1.85. The van der Waals surface area contributed by atoms with Crippen LogP contribution in [0.2, 0.25) is 0 Å². The summed E-state index contributed by atoms with van der Waals surface area (Å²) in [4.78, 5) is 30.1. The monoisotopic (exact) mass is 435 g/mol. The molecule has 1 aliphatic carbocycles. The maximum absolute atomic E-state index is 13.6. The van der Waals surface area contributed by atoms with Gasteiger partial charge in [0.25, 0.3) is 0 Å². The van der Waals surface area contributed by atoms with E-state index < -0.39 is 0 Å². The topological polar surface area (TPSA) is 52.7 Å². The first-order chi connectivity index (χ1) is 15.4. The molecule has 172 valence electrons. The summed E-state index contributed by atoms with van der Waals surface area (Å²) >= 11 is 0. The van der Waals surface area contributed by atoms with Crippen molar-refractivity contribution >= 4 is 23.2 Å². The zero-order valence-electron chi connectivity index (χ0n) is 19.9. The van der Waals surface area contributed by atoms with Gasteiger partial charge in [-0.2, -0.15) is 0 Å². The van der Waals surface area contributed by atoms with Crippen LogP contribution in [-0.4, -0.2) is 37.4 Å². The highest BCUT2D eigenvalue weighted by Crippen LogP contribution is 2.30. The van der Waals surface area contributed by atoms with E-state index in [1.54, 1.807) is 0 Å². The highest BCUT2D eigenvalue weighted by molar-refractivity contribution is 5.93. The zero-order valence-corrected chi connectivity index (χ0v) is 19.9. The average Bonchev–Trinajstić information content (AvgIpc) is 2.73. The highest BCUT2D eigenvalue weighted by Gasteiger charge is 2.27. The molecule has 1 N–H and O–H groups in total. The first-order valence-electron chi connectivity index (χ1n) is 11.9. The van der Waals surface area contributed by atoms with Crippen molar-refractivity contribution < 1.29 is 9.59 Å². The molecule has 1 aliphatic rings. The van der Waals surface area contributed by atoms with E-state index in [2.05, 4.69) is 24.1 Å². The number of anilines is 2. The van der Waals surface area contributed by atoms with Gasteiger partial charge in [-0.3, -0.25) is 9.59 Å². The van der Waals surface area contributed by atoms with Crippen LogP contribution >= 0.6 is 0 Å². The second-order valence-corrected chi connectivity index (χ2v) is 8.99. The third-order valence-electron chi connectivity index (χ3n) is 6.38. The van der Waals surface area contributed by atoms with Crippen LogP contribution in [0, 0.1) is 5.92 Å². The van der Waals surface area contributed by atoms with Gasteiger partial charge in [-0.1, -0.05) is 50.6 Å². The molecule has 0 heterocycles. The maximum Gasteiger partial charge on any atom is 0.230 e. The van der Waals surface area contributed by atoms with Crippen LogP contribution in [0.1, 0.15) is 63.0 Å². The quantitative estimate of drug-likeness (QED) is 0.542. The van der Waals surface area contributed by atoms with Crippen LogP contribution in [0.25, 0.3) is 0 Å². The molecule has 1 saturated carbocycles. The number of hydrogen-bond acceptors (Lipinski definition) is 3. The highest BCUT2D eigenvalue weighted by atomic mass is 16.2. The first-order valence-corrected chi connectivity index (χ1v) is 11.9. The largest absolute Gasteiger partial charge is 0.377 e. The van der Waals surface area contributed by atoms with E-state index in [-0.39, 0.29) is 23.7 Å². The van der Waals surface area contributed by atoms with Crippen molar-refractivity contribution in [3.63, 3.8) is 0 Å². The molecule has 5 heteroatoms. The molecule has 5 nitrogen and oxygen atoms in total. The van der Waals surface area contributed by atoms with Gasteiger partial charge in [-0.25, -0.2) is 0 Å². The van der Waals surface area contributed by atoms with Crippen LogP contribution in [-0.2, 0) is 16.1 Å². The summed E-state index contributed by atoms with van der Waals surface area (Å²) < 4.78 is 0. The Morgan fingerprint density at radius 3 is 2.34 bits per heavy atom. The Morgan fingerprint density at radius 2 is 1.78 bits per heavy atom. The molecule has 32 heavy (non-hydrogen) atoms.